The normalized spacial score (nSPS) is 15.5. The molecule has 0 fully saturated rings. The molecule has 0 saturated heterocycles. The van der Waals surface area contributed by atoms with Gasteiger partial charge in [0, 0.05) is 0 Å². The first-order chi connectivity index (χ1) is 4.93. The molecule has 1 aliphatic carbocycles. The van der Waals surface area contributed by atoms with Crippen LogP contribution in [-0.4, -0.2) is 0 Å². The van der Waals surface area contributed by atoms with Crippen molar-refractivity contribution in [2.75, 3.05) is 0 Å². The molecule has 0 amide bonds. The molecule has 0 saturated carbocycles. The van der Waals surface area contributed by atoms with Crippen molar-refractivity contribution >= 4 is 0 Å². The quantitative estimate of drug-likeness (QED) is 0.520. The van der Waals surface area contributed by atoms with Crippen molar-refractivity contribution < 1.29 is 0 Å². The molecular formula is C10H14. The highest BCUT2D eigenvalue weighted by Crippen LogP contribution is 2.13. The van der Waals surface area contributed by atoms with Gasteiger partial charge in [0.05, 0.1) is 0 Å². The summed E-state index contributed by atoms with van der Waals surface area (Å²) in [5.74, 6) is 0. The second-order valence-corrected chi connectivity index (χ2v) is 2.67. The molecule has 0 spiro atoms. The Morgan fingerprint density at radius 1 is 1.60 bits per heavy atom. The lowest BCUT2D eigenvalue weighted by Gasteiger charge is -2.02. The first kappa shape index (κ1) is 7.37. The Labute approximate surface area is 62.9 Å². The summed E-state index contributed by atoms with van der Waals surface area (Å²) < 4.78 is 0. The Kier molecular flexibility index (Phi) is 3.05. The van der Waals surface area contributed by atoms with Gasteiger partial charge in [-0.1, -0.05) is 25.0 Å². The molecule has 0 heteroatoms. The van der Waals surface area contributed by atoms with E-state index in [9.17, 15) is 0 Å². The van der Waals surface area contributed by atoms with E-state index in [-0.39, 0.29) is 0 Å². The smallest absolute Gasteiger partial charge is 0.00592 e. The highest BCUT2D eigenvalue weighted by atomic mass is 14.0. The van der Waals surface area contributed by atoms with Crippen LogP contribution in [0, 0.1) is 0 Å². The Balaban J connectivity index is 2.30. The molecule has 0 aliphatic heterocycles. The van der Waals surface area contributed by atoms with E-state index >= 15 is 0 Å². The average Bonchev–Trinajstić information content (AvgIpc) is 2.03. The van der Waals surface area contributed by atoms with E-state index in [0.717, 1.165) is 6.42 Å². The summed E-state index contributed by atoms with van der Waals surface area (Å²) in [5.41, 5.74) is 4.62. The van der Waals surface area contributed by atoms with Gasteiger partial charge in [-0.3, -0.25) is 0 Å². The largest absolute Gasteiger partial charge is 0.125 e. The second kappa shape index (κ2) is 4.14. The van der Waals surface area contributed by atoms with Gasteiger partial charge < -0.3 is 0 Å². The molecule has 0 aromatic carbocycles. The van der Waals surface area contributed by atoms with E-state index < -0.39 is 0 Å². The minimum Gasteiger partial charge on any atom is -0.125 e. The van der Waals surface area contributed by atoms with Gasteiger partial charge in [0.1, 0.15) is 0 Å². The van der Waals surface area contributed by atoms with Gasteiger partial charge in [0.2, 0.25) is 0 Å². The predicted molar refractivity (Wildman–Crippen MR) is 44.9 cm³/mol. The fourth-order valence-corrected chi connectivity index (χ4v) is 1.08. The number of rotatable bonds is 3. The number of hydrogen-bond acceptors (Lipinski definition) is 0. The maximum atomic E-state index is 3.06. The second-order valence-electron chi connectivity index (χ2n) is 2.67. The highest BCUT2D eigenvalue weighted by molar-refractivity contribution is 5.19. The lowest BCUT2D eigenvalue weighted by molar-refractivity contribution is 0.775. The molecule has 0 atom stereocenters. The maximum absolute atomic E-state index is 3.06. The molecular weight excluding hydrogens is 120 g/mol. The molecule has 0 bridgehead atoms. The molecule has 0 aromatic heterocycles. The van der Waals surface area contributed by atoms with E-state index in [4.69, 9.17) is 0 Å². The van der Waals surface area contributed by atoms with Crippen LogP contribution in [0.4, 0.5) is 0 Å². The molecule has 0 unspecified atom stereocenters. The zero-order valence-corrected chi connectivity index (χ0v) is 6.56. The predicted octanol–water partition coefficient (Wildman–Crippen LogP) is 3.22. The molecule has 0 N–H and O–H groups in total. The molecule has 0 nitrogen and oxygen atoms in total. The van der Waals surface area contributed by atoms with Crippen LogP contribution in [0.5, 0.6) is 0 Å². The van der Waals surface area contributed by atoms with Gasteiger partial charge in [-0.25, -0.2) is 0 Å². The fourth-order valence-electron chi connectivity index (χ4n) is 1.08. The molecule has 0 radical (unpaired) electrons. The third-order valence-corrected chi connectivity index (χ3v) is 1.75. The molecule has 0 heterocycles. The number of unbranched alkanes of at least 4 members (excludes halogenated alkanes) is 1. The highest BCUT2D eigenvalue weighted by Gasteiger charge is 1.94. The number of hydrogen-bond donors (Lipinski definition) is 0. The fraction of sp³-hybridized carbons (Fsp3) is 0.500. The minimum absolute atomic E-state index is 1.12. The zero-order valence-electron chi connectivity index (χ0n) is 6.56. The first-order valence-electron chi connectivity index (χ1n) is 4.02. The third-order valence-electron chi connectivity index (χ3n) is 1.75. The SMILES string of the molecule is CCCCC1=CC=C=CC1. The Bertz CT molecular complexity index is 178. The minimum atomic E-state index is 1.12. The molecule has 0 aromatic rings. The Hall–Kier alpha value is -0.740. The van der Waals surface area contributed by atoms with Crippen molar-refractivity contribution in [3.05, 3.63) is 29.5 Å². The summed E-state index contributed by atoms with van der Waals surface area (Å²) in [5, 5.41) is 0. The van der Waals surface area contributed by atoms with Crippen molar-refractivity contribution in [1.29, 1.82) is 0 Å². The number of allylic oxidation sites excluding steroid dienone is 3. The van der Waals surface area contributed by atoms with Crippen LogP contribution in [0.3, 0.4) is 0 Å². The van der Waals surface area contributed by atoms with Crippen LogP contribution in [0.2, 0.25) is 0 Å². The summed E-state index contributed by atoms with van der Waals surface area (Å²) in [6, 6.07) is 0. The van der Waals surface area contributed by atoms with Crippen LogP contribution in [0.25, 0.3) is 0 Å². The molecule has 1 aliphatic rings. The van der Waals surface area contributed by atoms with E-state index in [1.165, 1.54) is 19.3 Å². The molecule has 54 valence electrons. The van der Waals surface area contributed by atoms with Gasteiger partial charge in [-0.05, 0) is 31.4 Å². The Morgan fingerprint density at radius 2 is 2.50 bits per heavy atom. The van der Waals surface area contributed by atoms with Crippen LogP contribution in [0.15, 0.2) is 29.5 Å². The van der Waals surface area contributed by atoms with Crippen molar-refractivity contribution in [2.45, 2.75) is 32.6 Å². The lowest BCUT2D eigenvalue weighted by Crippen LogP contribution is -1.83. The molecule has 10 heavy (non-hydrogen) atoms. The zero-order chi connectivity index (χ0) is 7.23. The lowest BCUT2D eigenvalue weighted by atomic mass is 10.0. The van der Waals surface area contributed by atoms with Gasteiger partial charge in [0.15, 0.2) is 0 Å². The first-order valence-corrected chi connectivity index (χ1v) is 4.02. The van der Waals surface area contributed by atoms with Gasteiger partial charge in [0.25, 0.3) is 0 Å². The average molecular weight is 134 g/mol. The van der Waals surface area contributed by atoms with Crippen molar-refractivity contribution in [1.82, 2.24) is 0 Å². The van der Waals surface area contributed by atoms with Crippen molar-refractivity contribution in [3.63, 3.8) is 0 Å². The summed E-state index contributed by atoms with van der Waals surface area (Å²) in [6.07, 6.45) is 11.3. The third kappa shape index (κ3) is 2.24. The summed E-state index contributed by atoms with van der Waals surface area (Å²) in [6.45, 7) is 2.23. The van der Waals surface area contributed by atoms with E-state index in [1.54, 1.807) is 5.57 Å². The van der Waals surface area contributed by atoms with E-state index in [0.29, 0.717) is 0 Å². The maximum Gasteiger partial charge on any atom is -0.00592 e. The summed E-state index contributed by atoms with van der Waals surface area (Å²) in [7, 11) is 0. The standard InChI is InChI=1S/C10H14/c1-2-3-7-10-8-5-4-6-9-10/h5-6,8H,2-3,7,9H2,1H3. The van der Waals surface area contributed by atoms with Crippen LogP contribution < -0.4 is 0 Å². The molecule has 1 rings (SSSR count). The van der Waals surface area contributed by atoms with Crippen LogP contribution in [0.1, 0.15) is 32.6 Å². The van der Waals surface area contributed by atoms with E-state index in [2.05, 4.69) is 24.8 Å². The summed E-state index contributed by atoms with van der Waals surface area (Å²) in [4.78, 5) is 0. The summed E-state index contributed by atoms with van der Waals surface area (Å²) >= 11 is 0. The van der Waals surface area contributed by atoms with Crippen LogP contribution >= 0.6 is 0 Å². The van der Waals surface area contributed by atoms with E-state index in [1.807, 2.05) is 6.08 Å². The van der Waals surface area contributed by atoms with Gasteiger partial charge in [-0.15, -0.1) is 5.73 Å². The Morgan fingerprint density at radius 3 is 3.10 bits per heavy atom. The monoisotopic (exact) mass is 134 g/mol. The van der Waals surface area contributed by atoms with Crippen LogP contribution in [-0.2, 0) is 0 Å². The van der Waals surface area contributed by atoms with Crippen molar-refractivity contribution in [3.8, 4) is 0 Å². The van der Waals surface area contributed by atoms with Gasteiger partial charge >= 0.3 is 0 Å². The van der Waals surface area contributed by atoms with Gasteiger partial charge in [-0.2, -0.15) is 0 Å². The van der Waals surface area contributed by atoms with Crippen molar-refractivity contribution in [2.24, 2.45) is 0 Å². The topological polar surface area (TPSA) is 0 Å².